The summed E-state index contributed by atoms with van der Waals surface area (Å²) in [7, 11) is 0. The zero-order valence-corrected chi connectivity index (χ0v) is 16.0. The SMILES string of the molecule is Cc1cc(C)nc(-n2nc(C)cc2NC(=O)CN2C[C@H](C)O[C@@H](C)C2)n1. The van der Waals surface area contributed by atoms with Crippen LogP contribution in [0.4, 0.5) is 5.82 Å². The van der Waals surface area contributed by atoms with Crippen LogP contribution in [-0.4, -0.2) is 62.4 Å². The van der Waals surface area contributed by atoms with Gasteiger partial charge in [-0.15, -0.1) is 0 Å². The van der Waals surface area contributed by atoms with Gasteiger partial charge in [0, 0.05) is 30.5 Å². The van der Waals surface area contributed by atoms with Crippen molar-refractivity contribution >= 4 is 11.7 Å². The number of nitrogens with zero attached hydrogens (tertiary/aromatic N) is 5. The summed E-state index contributed by atoms with van der Waals surface area (Å²) in [5.74, 6) is 0.947. The quantitative estimate of drug-likeness (QED) is 0.894. The molecular formula is C18H26N6O2. The molecule has 1 N–H and O–H groups in total. The van der Waals surface area contributed by atoms with E-state index < -0.39 is 0 Å². The number of carbonyl (C=O) groups is 1. The van der Waals surface area contributed by atoms with E-state index in [1.165, 1.54) is 0 Å². The summed E-state index contributed by atoms with van der Waals surface area (Å²) < 4.78 is 7.30. The van der Waals surface area contributed by atoms with Gasteiger partial charge in [0.05, 0.1) is 24.4 Å². The number of anilines is 1. The smallest absolute Gasteiger partial charge is 0.252 e. The maximum Gasteiger partial charge on any atom is 0.252 e. The summed E-state index contributed by atoms with van der Waals surface area (Å²) >= 11 is 0. The third kappa shape index (κ3) is 4.44. The highest BCUT2D eigenvalue weighted by Crippen LogP contribution is 2.16. The fourth-order valence-corrected chi connectivity index (χ4v) is 3.34. The summed E-state index contributed by atoms with van der Waals surface area (Å²) in [6, 6.07) is 3.72. The van der Waals surface area contributed by atoms with Gasteiger partial charge in [-0.25, -0.2) is 9.97 Å². The first-order valence-electron chi connectivity index (χ1n) is 8.87. The molecule has 2 atom stereocenters. The summed E-state index contributed by atoms with van der Waals surface area (Å²) in [4.78, 5) is 23.5. The summed E-state index contributed by atoms with van der Waals surface area (Å²) in [6.07, 6.45) is 0.256. The first-order valence-corrected chi connectivity index (χ1v) is 8.87. The molecular weight excluding hydrogens is 332 g/mol. The van der Waals surface area contributed by atoms with Crippen LogP contribution in [0.25, 0.3) is 5.95 Å². The van der Waals surface area contributed by atoms with Gasteiger partial charge < -0.3 is 10.1 Å². The van der Waals surface area contributed by atoms with E-state index in [2.05, 4.69) is 25.3 Å². The largest absolute Gasteiger partial charge is 0.373 e. The molecule has 26 heavy (non-hydrogen) atoms. The van der Waals surface area contributed by atoms with Crippen LogP contribution in [0, 0.1) is 20.8 Å². The number of aromatic nitrogens is 4. The number of hydrogen-bond donors (Lipinski definition) is 1. The molecule has 1 amide bonds. The van der Waals surface area contributed by atoms with Crippen LogP contribution in [0.15, 0.2) is 12.1 Å². The lowest BCUT2D eigenvalue weighted by atomic mass is 10.2. The Morgan fingerprint density at radius 3 is 2.35 bits per heavy atom. The van der Waals surface area contributed by atoms with Crippen LogP contribution in [0.1, 0.15) is 30.9 Å². The molecule has 8 nitrogen and oxygen atoms in total. The summed E-state index contributed by atoms with van der Waals surface area (Å²) in [5, 5.41) is 7.38. The zero-order chi connectivity index (χ0) is 18.8. The number of nitrogens with one attached hydrogen (secondary N) is 1. The Labute approximate surface area is 153 Å². The first kappa shape index (κ1) is 18.5. The molecule has 0 radical (unpaired) electrons. The van der Waals surface area contributed by atoms with Gasteiger partial charge in [0.2, 0.25) is 5.91 Å². The molecule has 1 saturated heterocycles. The van der Waals surface area contributed by atoms with E-state index in [1.54, 1.807) is 4.68 Å². The molecule has 0 aliphatic carbocycles. The minimum atomic E-state index is -0.0863. The molecule has 0 saturated carbocycles. The molecule has 1 fully saturated rings. The van der Waals surface area contributed by atoms with Crippen LogP contribution < -0.4 is 5.32 Å². The summed E-state index contributed by atoms with van der Waals surface area (Å²) in [5.41, 5.74) is 2.50. The van der Waals surface area contributed by atoms with Gasteiger partial charge in [-0.3, -0.25) is 9.69 Å². The molecule has 0 aromatic carbocycles. The average molecular weight is 358 g/mol. The molecule has 3 rings (SSSR count). The fourth-order valence-electron chi connectivity index (χ4n) is 3.34. The normalized spacial score (nSPS) is 21.0. The second-order valence-corrected chi connectivity index (χ2v) is 7.03. The van der Waals surface area contributed by atoms with E-state index in [0.717, 1.165) is 30.2 Å². The zero-order valence-electron chi connectivity index (χ0n) is 16.0. The minimum absolute atomic E-state index is 0.0863. The van der Waals surface area contributed by atoms with Gasteiger partial charge in [-0.1, -0.05) is 0 Å². The van der Waals surface area contributed by atoms with E-state index in [1.807, 2.05) is 46.8 Å². The number of amides is 1. The molecule has 1 aliphatic heterocycles. The number of ether oxygens (including phenoxy) is 1. The average Bonchev–Trinajstić information content (AvgIpc) is 2.85. The Kier molecular flexibility index (Phi) is 5.33. The van der Waals surface area contributed by atoms with Crippen molar-refractivity contribution in [3.8, 4) is 5.95 Å². The topological polar surface area (TPSA) is 85.2 Å². The second kappa shape index (κ2) is 7.51. The third-order valence-corrected chi connectivity index (χ3v) is 4.12. The van der Waals surface area contributed by atoms with Gasteiger partial charge in [-0.2, -0.15) is 9.78 Å². The Morgan fingerprint density at radius 2 is 1.73 bits per heavy atom. The molecule has 2 aromatic rings. The van der Waals surface area contributed by atoms with Crippen LogP contribution in [0.5, 0.6) is 0 Å². The van der Waals surface area contributed by atoms with Gasteiger partial charge >= 0.3 is 0 Å². The van der Waals surface area contributed by atoms with Crippen molar-refractivity contribution in [2.75, 3.05) is 25.0 Å². The second-order valence-electron chi connectivity index (χ2n) is 7.03. The van der Waals surface area contributed by atoms with Crippen molar-refractivity contribution in [2.24, 2.45) is 0 Å². The standard InChI is InChI=1S/C18H26N6O2/c1-11-6-12(2)20-18(19-11)24-16(7-13(3)22-24)21-17(25)10-23-8-14(4)26-15(5)9-23/h6-7,14-15H,8-10H2,1-5H3,(H,21,25)/t14-,15-/m0/s1. The highest BCUT2D eigenvalue weighted by molar-refractivity contribution is 5.91. The highest BCUT2D eigenvalue weighted by atomic mass is 16.5. The molecule has 1 aliphatic rings. The van der Waals surface area contributed by atoms with Crippen molar-refractivity contribution in [2.45, 2.75) is 46.8 Å². The van der Waals surface area contributed by atoms with E-state index >= 15 is 0 Å². The van der Waals surface area contributed by atoms with E-state index in [4.69, 9.17) is 4.74 Å². The van der Waals surface area contributed by atoms with Crippen molar-refractivity contribution in [1.29, 1.82) is 0 Å². The first-order chi connectivity index (χ1) is 12.3. The molecule has 3 heterocycles. The van der Waals surface area contributed by atoms with Gasteiger partial charge in [-0.05, 0) is 40.7 Å². The van der Waals surface area contributed by atoms with Crippen molar-refractivity contribution in [3.63, 3.8) is 0 Å². The number of rotatable bonds is 4. The van der Waals surface area contributed by atoms with Crippen LogP contribution in [0.3, 0.4) is 0 Å². The summed E-state index contributed by atoms with van der Waals surface area (Å²) in [6.45, 7) is 11.6. The predicted molar refractivity (Wildman–Crippen MR) is 98.4 cm³/mol. The minimum Gasteiger partial charge on any atom is -0.373 e. The van der Waals surface area contributed by atoms with Gasteiger partial charge in [0.15, 0.2) is 0 Å². The van der Waals surface area contributed by atoms with Crippen molar-refractivity contribution in [1.82, 2.24) is 24.6 Å². The molecule has 2 aromatic heterocycles. The van der Waals surface area contributed by atoms with Crippen LogP contribution in [-0.2, 0) is 9.53 Å². The number of hydrogen-bond acceptors (Lipinski definition) is 6. The maximum atomic E-state index is 12.5. The highest BCUT2D eigenvalue weighted by Gasteiger charge is 2.24. The van der Waals surface area contributed by atoms with Gasteiger partial charge in [0.1, 0.15) is 5.82 Å². The lowest BCUT2D eigenvalue weighted by Crippen LogP contribution is -2.48. The van der Waals surface area contributed by atoms with Crippen molar-refractivity contribution < 1.29 is 9.53 Å². The number of morpholine rings is 1. The lowest BCUT2D eigenvalue weighted by Gasteiger charge is -2.34. The lowest BCUT2D eigenvalue weighted by molar-refractivity contribution is -0.121. The molecule has 0 unspecified atom stereocenters. The monoisotopic (exact) mass is 358 g/mol. The Bertz CT molecular complexity index is 773. The Morgan fingerprint density at radius 1 is 1.12 bits per heavy atom. The van der Waals surface area contributed by atoms with Crippen LogP contribution >= 0.6 is 0 Å². The van der Waals surface area contributed by atoms with Gasteiger partial charge in [0.25, 0.3) is 5.95 Å². The Hall–Kier alpha value is -2.32. The van der Waals surface area contributed by atoms with Crippen molar-refractivity contribution in [3.05, 3.63) is 29.2 Å². The van der Waals surface area contributed by atoms with E-state index in [0.29, 0.717) is 18.3 Å². The molecule has 0 bridgehead atoms. The Balaban J connectivity index is 1.75. The number of aryl methyl sites for hydroxylation is 3. The fraction of sp³-hybridized carbons (Fsp3) is 0.556. The molecule has 0 spiro atoms. The molecule has 140 valence electrons. The van der Waals surface area contributed by atoms with Crippen LogP contribution in [0.2, 0.25) is 0 Å². The van der Waals surface area contributed by atoms with E-state index in [-0.39, 0.29) is 18.1 Å². The predicted octanol–water partition coefficient (Wildman–Crippen LogP) is 1.64. The molecule has 8 heteroatoms. The third-order valence-electron chi connectivity index (χ3n) is 4.12. The number of carbonyl (C=O) groups excluding carboxylic acids is 1. The maximum absolute atomic E-state index is 12.5. The van der Waals surface area contributed by atoms with E-state index in [9.17, 15) is 4.79 Å².